The van der Waals surface area contributed by atoms with Crippen molar-refractivity contribution in [3.05, 3.63) is 1.83 Å². The summed E-state index contributed by atoms with van der Waals surface area (Å²) in [6, 6.07) is 0. The van der Waals surface area contributed by atoms with Gasteiger partial charge in [-0.15, -0.1) is 0 Å². The van der Waals surface area contributed by atoms with Gasteiger partial charge >= 0.3 is 51.4 Å². The van der Waals surface area contributed by atoms with Gasteiger partial charge in [0, 0.05) is 0 Å². The largest absolute Gasteiger partial charge is 1.00 e. The van der Waals surface area contributed by atoms with Crippen molar-refractivity contribution in [2.24, 2.45) is 0 Å². The van der Waals surface area contributed by atoms with Crippen molar-refractivity contribution in [2.45, 2.75) is 0 Å². The monoisotopic (exact) mass is 316 g/mol. The molecule has 0 fully saturated rings. The van der Waals surface area contributed by atoms with Crippen molar-refractivity contribution in [1.82, 2.24) is 0 Å². The van der Waals surface area contributed by atoms with E-state index in [2.05, 4.69) is 0 Å². The quantitative estimate of drug-likeness (QED) is 0.289. The van der Waals surface area contributed by atoms with Crippen LogP contribution in [0.3, 0.4) is 0 Å². The maximum absolute atomic E-state index is 5.00. The van der Waals surface area contributed by atoms with Crippen LogP contribution in [-0.2, 0) is 0 Å². The minimum Gasteiger partial charge on any atom is -0.309 e. The van der Waals surface area contributed by atoms with E-state index in [4.69, 9.17) is 7.85 Å². The molecular weight excluding hydrogens is 316 g/mol. The zero-order valence-corrected chi connectivity index (χ0v) is 10.3. The van der Waals surface area contributed by atoms with E-state index in [-0.39, 0.29) is 51.4 Å². The zero-order chi connectivity index (χ0) is 3.58. The zero-order valence-electron chi connectivity index (χ0n) is 2.83. The van der Waals surface area contributed by atoms with Crippen LogP contribution in [-0.4, -0.2) is 7.85 Å². The van der Waals surface area contributed by atoms with Gasteiger partial charge in [-0.3, -0.25) is 0 Å². The van der Waals surface area contributed by atoms with E-state index in [1.807, 2.05) is 45.2 Å². The van der Waals surface area contributed by atoms with Crippen LogP contribution in [0.4, 0.5) is 0 Å². The molecule has 4 heteroatoms. The Morgan fingerprint density at radius 3 is 1.40 bits per heavy atom. The summed E-state index contributed by atoms with van der Waals surface area (Å²) >= 11 is 4.05. The minimum atomic E-state index is 0. The predicted octanol–water partition coefficient (Wildman–Crippen LogP) is -1.52. The molecule has 5 heavy (non-hydrogen) atoms. The van der Waals surface area contributed by atoms with Gasteiger partial charge in [0.15, 0.2) is 0 Å². The summed E-state index contributed by atoms with van der Waals surface area (Å²) in [6.45, 7) is 0. The van der Waals surface area contributed by atoms with Crippen LogP contribution in [0.25, 0.3) is 0 Å². The first kappa shape index (κ1) is 11.0. The Hall–Kier alpha value is 3.16. The van der Waals surface area contributed by atoms with E-state index >= 15 is 0 Å². The fourth-order valence-electron chi connectivity index (χ4n) is 0. The first-order valence-corrected chi connectivity index (χ1v) is 2.82. The molecule has 0 nitrogen and oxygen atoms in total. The maximum atomic E-state index is 5.00. The van der Waals surface area contributed by atoms with Gasteiger partial charge in [-0.2, -0.15) is 7.85 Å². The molecular formula is CBI2K. The molecule has 0 atom stereocenters. The number of hydrogen-bond donors (Lipinski definition) is 0. The molecule has 0 saturated carbocycles. The fourth-order valence-corrected chi connectivity index (χ4v) is 0. The average Bonchev–Trinajstić information content (AvgIpc) is 0.811. The van der Waals surface area contributed by atoms with Crippen LogP contribution < -0.4 is 51.4 Å². The summed E-state index contributed by atoms with van der Waals surface area (Å²) < 4.78 is 0.857. The van der Waals surface area contributed by atoms with Gasteiger partial charge in [0.25, 0.3) is 0 Å². The van der Waals surface area contributed by atoms with Gasteiger partial charge < -0.3 is 45.2 Å². The van der Waals surface area contributed by atoms with Crippen molar-refractivity contribution < 1.29 is 51.4 Å². The Morgan fingerprint density at radius 2 is 1.40 bits per heavy atom. The van der Waals surface area contributed by atoms with E-state index in [1.165, 1.54) is 0 Å². The van der Waals surface area contributed by atoms with E-state index < -0.39 is 0 Å². The smallest absolute Gasteiger partial charge is 0.309 e. The molecule has 0 unspecified atom stereocenters. The van der Waals surface area contributed by atoms with Crippen molar-refractivity contribution in [3.8, 4) is 0 Å². The summed E-state index contributed by atoms with van der Waals surface area (Å²) in [7, 11) is 5.00. The molecule has 0 amide bonds. The third-order valence-corrected chi connectivity index (χ3v) is 0. The average molecular weight is 316 g/mol. The molecule has 0 bridgehead atoms. The minimum absolute atomic E-state index is 0. The second kappa shape index (κ2) is 7.16. The SMILES string of the molecule is [B][C-](I)I.[K+]. The summed E-state index contributed by atoms with van der Waals surface area (Å²) in [5.74, 6) is 0. The third-order valence-electron chi connectivity index (χ3n) is 0. The van der Waals surface area contributed by atoms with Crippen LogP contribution in [0, 0.1) is 1.83 Å². The number of halogens is 2. The van der Waals surface area contributed by atoms with E-state index in [9.17, 15) is 0 Å². The van der Waals surface area contributed by atoms with E-state index in [0.717, 1.165) is 1.83 Å². The standard InChI is InChI=1S/CBI2.K/c2-1(3)4;/q-1;+1. The molecule has 2 radical (unpaired) electrons. The first-order valence-electron chi connectivity index (χ1n) is 0.667. The van der Waals surface area contributed by atoms with Crippen LogP contribution >= 0.6 is 45.2 Å². The fraction of sp³-hybridized carbons (Fsp3) is 0. The van der Waals surface area contributed by atoms with E-state index in [1.54, 1.807) is 0 Å². The molecule has 0 aromatic carbocycles. The molecule has 0 aliphatic rings. The van der Waals surface area contributed by atoms with Crippen LogP contribution in [0.1, 0.15) is 0 Å². The van der Waals surface area contributed by atoms with Crippen LogP contribution in [0.15, 0.2) is 0 Å². The second-order valence-corrected chi connectivity index (χ2v) is 4.68. The van der Waals surface area contributed by atoms with Gasteiger partial charge in [0.1, 0.15) is 0 Å². The maximum Gasteiger partial charge on any atom is 1.00 e. The van der Waals surface area contributed by atoms with Crippen molar-refractivity contribution >= 4 is 53.0 Å². The first-order chi connectivity index (χ1) is 1.73. The molecule has 0 N–H and O–H groups in total. The predicted molar refractivity (Wildman–Crippen MR) is 37.0 cm³/mol. The number of rotatable bonds is 0. The van der Waals surface area contributed by atoms with Gasteiger partial charge in [-0.05, 0) is 0 Å². The summed E-state index contributed by atoms with van der Waals surface area (Å²) in [5, 5.41) is 0. The molecule has 0 aromatic heterocycles. The van der Waals surface area contributed by atoms with Crippen molar-refractivity contribution in [3.63, 3.8) is 0 Å². The third kappa shape index (κ3) is 19.1. The second-order valence-electron chi connectivity index (χ2n) is 0.290. The molecule has 0 aliphatic heterocycles. The molecule has 0 aromatic rings. The normalized spacial score (nSPS) is 7.00. The summed E-state index contributed by atoms with van der Waals surface area (Å²) in [6.07, 6.45) is 0. The molecule has 22 valence electrons. The van der Waals surface area contributed by atoms with Gasteiger partial charge in [0.05, 0.1) is 0 Å². The molecule has 0 rings (SSSR count). The summed E-state index contributed by atoms with van der Waals surface area (Å²) in [4.78, 5) is 0. The van der Waals surface area contributed by atoms with Gasteiger partial charge in [-0.1, -0.05) is 0 Å². The molecule has 0 saturated heterocycles. The van der Waals surface area contributed by atoms with Gasteiger partial charge in [-0.25, -0.2) is 1.83 Å². The molecule has 0 spiro atoms. The van der Waals surface area contributed by atoms with Crippen LogP contribution in [0.2, 0.25) is 0 Å². The Morgan fingerprint density at radius 1 is 1.40 bits per heavy atom. The molecule has 0 aliphatic carbocycles. The van der Waals surface area contributed by atoms with E-state index in [0.29, 0.717) is 0 Å². The molecule has 0 heterocycles. The Kier molecular flexibility index (Phi) is 15.8. The Balaban J connectivity index is 0. The topological polar surface area (TPSA) is 0 Å². The van der Waals surface area contributed by atoms with Crippen molar-refractivity contribution in [1.29, 1.82) is 0 Å². The Bertz CT molecular complexity index is 14.4. The van der Waals surface area contributed by atoms with Gasteiger partial charge in [0.2, 0.25) is 0 Å². The number of hydrogen-bond acceptors (Lipinski definition) is 0. The Labute approximate surface area is 103 Å². The van der Waals surface area contributed by atoms with Crippen LogP contribution in [0.5, 0.6) is 0 Å². The van der Waals surface area contributed by atoms with Crippen molar-refractivity contribution in [2.75, 3.05) is 0 Å². The summed E-state index contributed by atoms with van der Waals surface area (Å²) in [5.41, 5.74) is 0.